The Balaban J connectivity index is 3.29. The topological polar surface area (TPSA) is 98.9 Å². The molecular weight excluding hydrogens is 230 g/mol. The van der Waals surface area contributed by atoms with Crippen molar-refractivity contribution >= 4 is 11.7 Å². The number of nitro groups is 1. The van der Waals surface area contributed by atoms with Crippen LogP contribution in [0.25, 0.3) is 0 Å². The van der Waals surface area contributed by atoms with Gasteiger partial charge in [-0.3, -0.25) is 10.1 Å². The molecule has 0 aliphatic heterocycles. The second-order valence-electron chi connectivity index (χ2n) is 3.02. The lowest BCUT2D eigenvalue weighted by Crippen LogP contribution is -2.06. The SMILES string of the molecule is CCOC(=O)c1cc(OC)c(O)c([N+](=O)[O-])c1. The monoisotopic (exact) mass is 241 g/mol. The number of rotatable bonds is 4. The van der Waals surface area contributed by atoms with Gasteiger partial charge in [0.25, 0.3) is 0 Å². The highest BCUT2D eigenvalue weighted by Crippen LogP contribution is 2.36. The largest absolute Gasteiger partial charge is 0.500 e. The molecule has 0 aliphatic carbocycles. The number of hydrogen-bond acceptors (Lipinski definition) is 6. The summed E-state index contributed by atoms with van der Waals surface area (Å²) >= 11 is 0. The minimum atomic E-state index is -0.805. The van der Waals surface area contributed by atoms with Crippen molar-refractivity contribution in [3.8, 4) is 11.5 Å². The molecule has 0 saturated heterocycles. The minimum Gasteiger partial charge on any atom is -0.500 e. The van der Waals surface area contributed by atoms with E-state index in [1.165, 1.54) is 13.2 Å². The molecule has 92 valence electrons. The van der Waals surface area contributed by atoms with Crippen molar-refractivity contribution in [1.29, 1.82) is 0 Å². The van der Waals surface area contributed by atoms with Gasteiger partial charge in [-0.05, 0) is 13.0 Å². The van der Waals surface area contributed by atoms with Crippen molar-refractivity contribution in [2.45, 2.75) is 6.92 Å². The number of aromatic hydroxyl groups is 1. The Morgan fingerprint density at radius 2 is 2.18 bits per heavy atom. The summed E-state index contributed by atoms with van der Waals surface area (Å²) in [5.41, 5.74) is -0.652. The average Bonchev–Trinajstić information content (AvgIpc) is 2.29. The summed E-state index contributed by atoms with van der Waals surface area (Å²) in [5.74, 6) is -1.48. The Labute approximate surface area is 96.7 Å². The van der Waals surface area contributed by atoms with Crippen LogP contribution in [0.3, 0.4) is 0 Å². The molecule has 0 unspecified atom stereocenters. The number of phenols is 1. The van der Waals surface area contributed by atoms with Gasteiger partial charge in [-0.2, -0.15) is 0 Å². The lowest BCUT2D eigenvalue weighted by atomic mass is 10.1. The van der Waals surface area contributed by atoms with E-state index < -0.39 is 22.3 Å². The quantitative estimate of drug-likeness (QED) is 0.487. The maximum atomic E-state index is 11.4. The molecule has 0 spiro atoms. The Kier molecular flexibility index (Phi) is 3.86. The number of hydrogen-bond donors (Lipinski definition) is 1. The molecule has 7 nitrogen and oxygen atoms in total. The average molecular weight is 241 g/mol. The molecule has 7 heteroatoms. The first-order chi connectivity index (χ1) is 8.01. The van der Waals surface area contributed by atoms with E-state index in [9.17, 15) is 20.0 Å². The maximum absolute atomic E-state index is 11.4. The van der Waals surface area contributed by atoms with Crippen molar-refractivity contribution < 1.29 is 24.3 Å². The number of phenolic OH excluding ortho intramolecular Hbond substituents is 1. The normalized spacial score (nSPS) is 9.76. The number of methoxy groups -OCH3 is 1. The Hall–Kier alpha value is -2.31. The zero-order valence-electron chi connectivity index (χ0n) is 9.30. The van der Waals surface area contributed by atoms with Crippen molar-refractivity contribution in [1.82, 2.24) is 0 Å². The summed E-state index contributed by atoms with van der Waals surface area (Å²) < 4.78 is 9.45. The molecule has 0 fully saturated rings. The van der Waals surface area contributed by atoms with E-state index in [1.54, 1.807) is 6.92 Å². The zero-order valence-corrected chi connectivity index (χ0v) is 9.30. The molecule has 1 rings (SSSR count). The molecule has 0 heterocycles. The van der Waals surface area contributed by atoms with Crippen molar-refractivity contribution in [3.63, 3.8) is 0 Å². The first-order valence-electron chi connectivity index (χ1n) is 4.73. The van der Waals surface area contributed by atoms with Crippen LogP contribution in [0.5, 0.6) is 11.5 Å². The van der Waals surface area contributed by atoms with Crippen LogP contribution in [0.1, 0.15) is 17.3 Å². The lowest BCUT2D eigenvalue weighted by Gasteiger charge is -2.07. The fraction of sp³-hybridized carbons (Fsp3) is 0.300. The summed E-state index contributed by atoms with van der Waals surface area (Å²) in [6.07, 6.45) is 0. The number of ether oxygens (including phenoxy) is 2. The second kappa shape index (κ2) is 5.15. The van der Waals surface area contributed by atoms with Crippen LogP contribution in [-0.2, 0) is 4.74 Å². The van der Waals surface area contributed by atoms with Crippen molar-refractivity contribution in [3.05, 3.63) is 27.8 Å². The predicted octanol–water partition coefficient (Wildman–Crippen LogP) is 1.49. The van der Waals surface area contributed by atoms with Gasteiger partial charge in [-0.25, -0.2) is 4.79 Å². The third kappa shape index (κ3) is 2.63. The summed E-state index contributed by atoms with van der Waals surface area (Å²) in [5, 5.41) is 20.1. The highest BCUT2D eigenvalue weighted by atomic mass is 16.6. The number of benzene rings is 1. The second-order valence-corrected chi connectivity index (χ2v) is 3.02. The molecule has 0 saturated carbocycles. The Bertz CT molecular complexity index is 456. The van der Waals surface area contributed by atoms with Crippen LogP contribution in [0.2, 0.25) is 0 Å². The number of nitrogens with zero attached hydrogens (tertiary/aromatic N) is 1. The smallest absolute Gasteiger partial charge is 0.338 e. The third-order valence-corrected chi connectivity index (χ3v) is 1.98. The summed E-state index contributed by atoms with van der Waals surface area (Å²) in [4.78, 5) is 21.3. The lowest BCUT2D eigenvalue weighted by molar-refractivity contribution is -0.386. The molecule has 0 radical (unpaired) electrons. The molecule has 17 heavy (non-hydrogen) atoms. The van der Waals surface area contributed by atoms with Gasteiger partial charge < -0.3 is 14.6 Å². The van der Waals surface area contributed by atoms with Crippen LogP contribution >= 0.6 is 0 Å². The summed E-state index contributed by atoms with van der Waals surface area (Å²) in [6.45, 7) is 1.76. The van der Waals surface area contributed by atoms with Crippen LogP contribution in [0.15, 0.2) is 12.1 Å². The van der Waals surface area contributed by atoms with E-state index in [2.05, 4.69) is 0 Å². The number of carbonyl (C=O) groups is 1. The first-order valence-corrected chi connectivity index (χ1v) is 4.73. The molecule has 1 aromatic rings. The van der Waals surface area contributed by atoms with E-state index in [0.717, 1.165) is 6.07 Å². The molecule has 0 atom stereocenters. The van der Waals surface area contributed by atoms with Gasteiger partial charge in [0.2, 0.25) is 5.75 Å². The summed E-state index contributed by atoms with van der Waals surface area (Å²) in [7, 11) is 1.23. The molecular formula is C10H11NO6. The van der Waals surface area contributed by atoms with Crippen LogP contribution < -0.4 is 4.74 Å². The van der Waals surface area contributed by atoms with Crippen molar-refractivity contribution in [2.75, 3.05) is 13.7 Å². The van der Waals surface area contributed by atoms with Gasteiger partial charge in [0, 0.05) is 6.07 Å². The van der Waals surface area contributed by atoms with Crippen LogP contribution in [0, 0.1) is 10.1 Å². The minimum absolute atomic E-state index is 0.0480. The Morgan fingerprint density at radius 3 is 2.65 bits per heavy atom. The van der Waals surface area contributed by atoms with E-state index >= 15 is 0 Å². The van der Waals surface area contributed by atoms with Gasteiger partial charge >= 0.3 is 11.7 Å². The van der Waals surface area contributed by atoms with Crippen LogP contribution in [-0.4, -0.2) is 29.7 Å². The first kappa shape index (κ1) is 12.8. The molecule has 0 amide bonds. The number of carbonyl (C=O) groups excluding carboxylic acids is 1. The van der Waals surface area contributed by atoms with Gasteiger partial charge in [-0.1, -0.05) is 0 Å². The highest BCUT2D eigenvalue weighted by Gasteiger charge is 2.22. The highest BCUT2D eigenvalue weighted by molar-refractivity contribution is 5.91. The third-order valence-electron chi connectivity index (χ3n) is 1.98. The zero-order chi connectivity index (χ0) is 13.0. The molecule has 0 bridgehead atoms. The van der Waals surface area contributed by atoms with E-state index in [4.69, 9.17) is 9.47 Å². The van der Waals surface area contributed by atoms with Gasteiger partial charge in [-0.15, -0.1) is 0 Å². The fourth-order valence-corrected chi connectivity index (χ4v) is 1.22. The van der Waals surface area contributed by atoms with Gasteiger partial charge in [0.15, 0.2) is 5.75 Å². The molecule has 1 aromatic carbocycles. The van der Waals surface area contributed by atoms with E-state index in [0.29, 0.717) is 0 Å². The predicted molar refractivity (Wildman–Crippen MR) is 57.3 cm³/mol. The molecule has 0 aliphatic rings. The number of esters is 1. The van der Waals surface area contributed by atoms with Gasteiger partial charge in [0.1, 0.15) is 0 Å². The van der Waals surface area contributed by atoms with E-state index in [1.807, 2.05) is 0 Å². The standard InChI is InChI=1S/C10H11NO6/c1-3-17-10(13)6-4-7(11(14)15)9(12)8(5-6)16-2/h4-5,12H,3H2,1-2H3. The maximum Gasteiger partial charge on any atom is 0.338 e. The Morgan fingerprint density at radius 1 is 1.53 bits per heavy atom. The summed E-state index contributed by atoms with van der Waals surface area (Å²) in [6, 6.07) is 2.12. The van der Waals surface area contributed by atoms with E-state index in [-0.39, 0.29) is 17.9 Å². The van der Waals surface area contributed by atoms with Gasteiger partial charge in [0.05, 0.1) is 24.2 Å². The molecule has 1 N–H and O–H groups in total. The fourth-order valence-electron chi connectivity index (χ4n) is 1.22. The number of nitro benzene ring substituents is 1. The molecule has 0 aromatic heterocycles. The van der Waals surface area contributed by atoms with Crippen molar-refractivity contribution in [2.24, 2.45) is 0 Å². The van der Waals surface area contributed by atoms with Crippen LogP contribution in [0.4, 0.5) is 5.69 Å².